The number of aliphatic hydroxyl groups is 1. The number of nitrogens with zero attached hydrogens (tertiary/aromatic N) is 1. The number of guanidine groups is 1. The topological polar surface area (TPSA) is 264 Å². The van der Waals surface area contributed by atoms with Crippen molar-refractivity contribution in [1.82, 2.24) is 21.3 Å². The van der Waals surface area contributed by atoms with Crippen LogP contribution in [-0.2, 0) is 36.8 Å². The normalized spacial score (nSPS) is 13.9. The smallest absolute Gasteiger partial charge is 0.326 e. The van der Waals surface area contributed by atoms with Crippen LogP contribution >= 0.6 is 0 Å². The maximum atomic E-state index is 13.7. The number of fused-ring (bicyclic) bond motifs is 2. The van der Waals surface area contributed by atoms with Crippen LogP contribution in [0.1, 0.15) is 44.2 Å². The van der Waals surface area contributed by atoms with Crippen LogP contribution < -0.4 is 38.5 Å². The van der Waals surface area contributed by atoms with Gasteiger partial charge in [0, 0.05) is 13.0 Å². The number of carboxylic acid groups (broad SMARTS) is 1. The Morgan fingerprint density at radius 3 is 1.66 bits per heavy atom. The van der Waals surface area contributed by atoms with Crippen LogP contribution in [0.3, 0.4) is 0 Å². The first-order valence-electron chi connectivity index (χ1n) is 18.6. The summed E-state index contributed by atoms with van der Waals surface area (Å²) in [7, 11) is 0. The Kier molecular flexibility index (Phi) is 15.7. The summed E-state index contributed by atoms with van der Waals surface area (Å²) in [5.74, 6) is -4.50. The highest BCUT2D eigenvalue weighted by Crippen LogP contribution is 2.18. The highest BCUT2D eigenvalue weighted by atomic mass is 16.4. The molecule has 0 aliphatic heterocycles. The van der Waals surface area contributed by atoms with Crippen LogP contribution in [-0.4, -0.2) is 89.1 Å². The SMILES string of the molecule is CC(C)C[C@H](NC(=O)[C@@H](N)Cc1ccc2ccccc2c1)C(=O)N[C@@H](CO)C(=O)N[C@@H](Cc1ccc2ccccc2c1)C(=O)N[C@@H](CCCN=C(N)N)C(=O)O. The number of amides is 4. The average Bonchev–Trinajstić information content (AvgIpc) is 3.16. The van der Waals surface area contributed by atoms with Gasteiger partial charge in [-0.25, -0.2) is 4.79 Å². The number of benzene rings is 4. The second-order valence-electron chi connectivity index (χ2n) is 14.2. The van der Waals surface area contributed by atoms with E-state index in [0.717, 1.165) is 27.1 Å². The van der Waals surface area contributed by atoms with E-state index in [2.05, 4.69) is 26.3 Å². The Morgan fingerprint density at radius 2 is 1.12 bits per heavy atom. The van der Waals surface area contributed by atoms with Gasteiger partial charge in [0.1, 0.15) is 24.2 Å². The zero-order valence-electron chi connectivity index (χ0n) is 31.6. The molecule has 4 aromatic rings. The van der Waals surface area contributed by atoms with Crippen molar-refractivity contribution in [3.8, 4) is 0 Å². The number of aliphatic hydroxyl groups excluding tert-OH is 1. The molecule has 0 fully saturated rings. The summed E-state index contributed by atoms with van der Waals surface area (Å²) in [4.78, 5) is 70.2. The van der Waals surface area contributed by atoms with E-state index in [1.54, 1.807) is 6.07 Å². The third-order valence-corrected chi connectivity index (χ3v) is 9.21. The van der Waals surface area contributed by atoms with E-state index in [1.165, 1.54) is 0 Å². The quantitative estimate of drug-likeness (QED) is 0.0353. The van der Waals surface area contributed by atoms with Crippen molar-refractivity contribution in [1.29, 1.82) is 0 Å². The van der Waals surface area contributed by atoms with Crippen molar-refractivity contribution >= 4 is 57.1 Å². The second kappa shape index (κ2) is 20.6. The summed E-state index contributed by atoms with van der Waals surface area (Å²) in [6.07, 6.45) is 0.618. The minimum Gasteiger partial charge on any atom is -0.480 e. The lowest BCUT2D eigenvalue weighted by atomic mass is 9.99. The molecule has 0 aliphatic carbocycles. The molecule has 0 spiro atoms. The summed E-state index contributed by atoms with van der Waals surface area (Å²) in [5, 5.41) is 34.3. The van der Waals surface area contributed by atoms with Gasteiger partial charge in [-0.3, -0.25) is 24.2 Å². The van der Waals surface area contributed by atoms with Gasteiger partial charge in [-0.2, -0.15) is 0 Å². The number of nitrogens with one attached hydrogen (secondary N) is 4. The van der Waals surface area contributed by atoms with Crippen molar-refractivity contribution < 1.29 is 34.2 Å². The van der Waals surface area contributed by atoms with E-state index < -0.39 is 66.4 Å². The molecule has 12 N–H and O–H groups in total. The van der Waals surface area contributed by atoms with Gasteiger partial charge < -0.3 is 48.7 Å². The molecule has 0 heterocycles. The first-order chi connectivity index (χ1) is 26.7. The van der Waals surface area contributed by atoms with Crippen LogP contribution in [0.15, 0.2) is 89.9 Å². The second-order valence-corrected chi connectivity index (χ2v) is 14.2. The minimum absolute atomic E-state index is 0.00130. The van der Waals surface area contributed by atoms with Gasteiger partial charge in [-0.15, -0.1) is 0 Å². The number of carbonyl (C=O) groups is 5. The summed E-state index contributed by atoms with van der Waals surface area (Å²) >= 11 is 0. The lowest BCUT2D eigenvalue weighted by Gasteiger charge is -2.26. The zero-order valence-corrected chi connectivity index (χ0v) is 31.6. The lowest BCUT2D eigenvalue weighted by molar-refractivity contribution is -0.142. The summed E-state index contributed by atoms with van der Waals surface area (Å²) in [6, 6.07) is 20.4. The molecular weight excluding hydrogens is 716 g/mol. The van der Waals surface area contributed by atoms with Crippen molar-refractivity contribution in [2.45, 2.75) is 76.2 Å². The fourth-order valence-electron chi connectivity index (χ4n) is 6.28. The maximum absolute atomic E-state index is 13.7. The molecule has 0 unspecified atom stereocenters. The average molecular weight is 769 g/mol. The summed E-state index contributed by atoms with van der Waals surface area (Å²) in [5.41, 5.74) is 18.5. The lowest BCUT2D eigenvalue weighted by Crippen LogP contribution is -2.60. The first kappa shape index (κ1) is 42.7. The van der Waals surface area contributed by atoms with Crippen LogP contribution in [0, 0.1) is 5.92 Å². The largest absolute Gasteiger partial charge is 0.480 e. The molecule has 0 aliphatic rings. The minimum atomic E-state index is -1.53. The monoisotopic (exact) mass is 768 g/mol. The number of aliphatic carboxylic acids is 1. The van der Waals surface area contributed by atoms with Crippen LogP contribution in [0.4, 0.5) is 0 Å². The van der Waals surface area contributed by atoms with Gasteiger partial charge in [-0.05, 0) is 64.3 Å². The molecule has 15 heteroatoms. The number of rotatable bonds is 20. The van der Waals surface area contributed by atoms with Gasteiger partial charge in [-0.1, -0.05) is 98.8 Å². The van der Waals surface area contributed by atoms with Crippen LogP contribution in [0.5, 0.6) is 0 Å². The van der Waals surface area contributed by atoms with Crippen molar-refractivity contribution in [3.63, 3.8) is 0 Å². The van der Waals surface area contributed by atoms with Gasteiger partial charge in [0.25, 0.3) is 0 Å². The molecule has 4 aromatic carbocycles. The van der Waals surface area contributed by atoms with Crippen molar-refractivity contribution in [2.75, 3.05) is 13.2 Å². The standard InChI is InChI=1S/C41H52N8O7/c1-24(2)18-33(47-36(51)31(42)21-25-13-15-27-8-3-5-10-29(27)19-25)37(52)49-35(23-50)39(54)48-34(22-26-14-16-28-9-4-6-11-30(28)20-26)38(53)46-32(40(55)56)12-7-17-45-41(43)44/h3-6,8-11,13-16,19-20,24,31-35,50H,7,12,17-18,21-23,42H2,1-2H3,(H,46,53)(H,47,51)(H,48,54)(H,49,52)(H,55,56)(H4,43,44,45)/t31-,32-,33-,34-,35-/m0/s1. The van der Waals surface area contributed by atoms with Crippen molar-refractivity contribution in [3.05, 3.63) is 96.1 Å². The zero-order chi connectivity index (χ0) is 40.8. The van der Waals surface area contributed by atoms with Gasteiger partial charge >= 0.3 is 5.97 Å². The Bertz CT molecular complexity index is 2030. The molecule has 56 heavy (non-hydrogen) atoms. The summed E-state index contributed by atoms with van der Waals surface area (Å²) < 4.78 is 0. The molecule has 298 valence electrons. The molecule has 4 rings (SSSR count). The number of aliphatic imine (C=N–C) groups is 1. The third kappa shape index (κ3) is 12.8. The fraction of sp³-hybridized carbons (Fsp3) is 0.366. The van der Waals surface area contributed by atoms with E-state index in [-0.39, 0.29) is 50.5 Å². The van der Waals surface area contributed by atoms with E-state index in [1.807, 2.05) is 92.7 Å². The Hall–Kier alpha value is -6.06. The molecule has 0 radical (unpaired) electrons. The Labute approximate surface area is 325 Å². The molecule has 4 amide bonds. The van der Waals surface area contributed by atoms with Gasteiger partial charge in [0.15, 0.2) is 5.96 Å². The molecule has 0 aromatic heterocycles. The van der Waals surface area contributed by atoms with Gasteiger partial charge in [0.05, 0.1) is 12.6 Å². The molecule has 0 saturated carbocycles. The molecular formula is C41H52N8O7. The molecule has 0 bridgehead atoms. The van der Waals surface area contributed by atoms with Crippen LogP contribution in [0.2, 0.25) is 0 Å². The first-order valence-corrected chi connectivity index (χ1v) is 18.6. The molecule has 5 atom stereocenters. The van der Waals surface area contributed by atoms with Crippen molar-refractivity contribution in [2.24, 2.45) is 28.1 Å². The van der Waals surface area contributed by atoms with E-state index in [9.17, 15) is 34.2 Å². The van der Waals surface area contributed by atoms with E-state index in [4.69, 9.17) is 17.2 Å². The number of carbonyl (C=O) groups excluding carboxylic acids is 4. The van der Waals surface area contributed by atoms with Gasteiger partial charge in [0.2, 0.25) is 23.6 Å². The Balaban J connectivity index is 1.47. The highest BCUT2D eigenvalue weighted by molar-refractivity contribution is 5.96. The van der Waals surface area contributed by atoms with Crippen LogP contribution in [0.25, 0.3) is 21.5 Å². The number of nitrogens with two attached hydrogens (primary N) is 3. The third-order valence-electron chi connectivity index (χ3n) is 9.21. The predicted molar refractivity (Wildman–Crippen MR) is 215 cm³/mol. The molecule has 15 nitrogen and oxygen atoms in total. The van der Waals surface area contributed by atoms with E-state index >= 15 is 0 Å². The number of carboxylic acids is 1. The van der Waals surface area contributed by atoms with E-state index in [0.29, 0.717) is 5.56 Å². The summed E-state index contributed by atoms with van der Waals surface area (Å²) in [6.45, 7) is 3.03. The maximum Gasteiger partial charge on any atom is 0.326 e. The highest BCUT2D eigenvalue weighted by Gasteiger charge is 2.32. The fourth-order valence-corrected chi connectivity index (χ4v) is 6.28. The molecule has 0 saturated heterocycles. The number of hydrogen-bond donors (Lipinski definition) is 9. The Morgan fingerprint density at radius 1 is 0.643 bits per heavy atom. The number of hydrogen-bond acceptors (Lipinski definition) is 8. The predicted octanol–water partition coefficient (Wildman–Crippen LogP) is 1.22.